The molecule has 0 radical (unpaired) electrons. The minimum absolute atomic E-state index is 0.0956. The fourth-order valence-electron chi connectivity index (χ4n) is 2.33. The highest BCUT2D eigenvalue weighted by Gasteiger charge is 2.20. The van der Waals surface area contributed by atoms with Crippen molar-refractivity contribution in [3.05, 3.63) is 29.6 Å². The molecule has 0 aromatic heterocycles. The van der Waals surface area contributed by atoms with Crippen LogP contribution in [0.4, 0.5) is 4.39 Å². The summed E-state index contributed by atoms with van der Waals surface area (Å²) in [5.41, 5.74) is 0.712. The fraction of sp³-hybridized carbons (Fsp3) is 0.533. The van der Waals surface area contributed by atoms with Crippen molar-refractivity contribution in [2.75, 3.05) is 46.9 Å². The summed E-state index contributed by atoms with van der Waals surface area (Å²) >= 11 is 0. The molecule has 21 heavy (non-hydrogen) atoms. The molecular weight excluding hydrogens is 273 g/mol. The second-order valence-electron chi connectivity index (χ2n) is 5.23. The first-order valence-electron chi connectivity index (χ1n) is 7.13. The number of carbonyl (C=O) groups excluding carboxylic acids is 1. The third kappa shape index (κ3) is 4.15. The quantitative estimate of drug-likeness (QED) is 0.868. The molecule has 116 valence electrons. The SMILES string of the molecule is CNCc1cccc(F)c1OCC(=O)N1CCN(C)CC1. The van der Waals surface area contributed by atoms with Crippen molar-refractivity contribution in [1.29, 1.82) is 0 Å². The number of nitrogens with one attached hydrogen (secondary N) is 1. The molecule has 1 saturated heterocycles. The Balaban J connectivity index is 1.95. The maximum absolute atomic E-state index is 13.8. The molecule has 1 aliphatic heterocycles. The molecule has 1 amide bonds. The van der Waals surface area contributed by atoms with Crippen molar-refractivity contribution in [3.63, 3.8) is 0 Å². The monoisotopic (exact) mass is 295 g/mol. The van der Waals surface area contributed by atoms with Gasteiger partial charge in [-0.25, -0.2) is 4.39 Å². The van der Waals surface area contributed by atoms with E-state index in [1.165, 1.54) is 6.07 Å². The summed E-state index contributed by atoms with van der Waals surface area (Å²) < 4.78 is 19.3. The van der Waals surface area contributed by atoms with E-state index >= 15 is 0 Å². The topological polar surface area (TPSA) is 44.8 Å². The van der Waals surface area contributed by atoms with Crippen LogP contribution in [-0.4, -0.2) is 62.6 Å². The van der Waals surface area contributed by atoms with E-state index in [1.54, 1.807) is 24.1 Å². The van der Waals surface area contributed by atoms with E-state index in [-0.39, 0.29) is 18.3 Å². The van der Waals surface area contributed by atoms with Crippen molar-refractivity contribution in [1.82, 2.24) is 15.1 Å². The summed E-state index contributed by atoms with van der Waals surface area (Å²) in [5.74, 6) is -0.370. The summed E-state index contributed by atoms with van der Waals surface area (Å²) in [6.45, 7) is 3.47. The van der Waals surface area contributed by atoms with Crippen LogP contribution in [0, 0.1) is 5.82 Å². The van der Waals surface area contributed by atoms with E-state index in [0.717, 1.165) is 13.1 Å². The number of benzene rings is 1. The second kappa shape index (κ2) is 7.38. The summed E-state index contributed by atoms with van der Waals surface area (Å²) in [7, 11) is 3.81. The van der Waals surface area contributed by atoms with Gasteiger partial charge in [0.1, 0.15) is 0 Å². The summed E-state index contributed by atoms with van der Waals surface area (Å²) in [6.07, 6.45) is 0. The number of piperazine rings is 1. The van der Waals surface area contributed by atoms with Gasteiger partial charge >= 0.3 is 0 Å². The number of likely N-dealkylation sites (N-methyl/N-ethyl adjacent to an activating group) is 1. The number of ether oxygens (including phenoxy) is 1. The van der Waals surface area contributed by atoms with Crippen LogP contribution in [-0.2, 0) is 11.3 Å². The van der Waals surface area contributed by atoms with E-state index in [0.29, 0.717) is 25.2 Å². The first kappa shape index (κ1) is 15.7. The van der Waals surface area contributed by atoms with Gasteiger partial charge in [0.2, 0.25) is 0 Å². The van der Waals surface area contributed by atoms with Crippen LogP contribution in [0.5, 0.6) is 5.75 Å². The molecule has 5 nitrogen and oxygen atoms in total. The van der Waals surface area contributed by atoms with Crippen molar-refractivity contribution in [2.24, 2.45) is 0 Å². The van der Waals surface area contributed by atoms with E-state index in [9.17, 15) is 9.18 Å². The normalized spacial score (nSPS) is 16.0. The lowest BCUT2D eigenvalue weighted by atomic mass is 10.2. The van der Waals surface area contributed by atoms with Gasteiger partial charge in [0.25, 0.3) is 5.91 Å². The lowest BCUT2D eigenvalue weighted by molar-refractivity contribution is -0.135. The van der Waals surface area contributed by atoms with Crippen molar-refractivity contribution in [2.45, 2.75) is 6.54 Å². The van der Waals surface area contributed by atoms with Crippen LogP contribution in [0.3, 0.4) is 0 Å². The first-order valence-corrected chi connectivity index (χ1v) is 7.13. The Kier molecular flexibility index (Phi) is 5.52. The highest BCUT2D eigenvalue weighted by Crippen LogP contribution is 2.22. The van der Waals surface area contributed by atoms with Gasteiger partial charge in [0, 0.05) is 38.3 Å². The Morgan fingerprint density at radius 2 is 2.05 bits per heavy atom. The maximum Gasteiger partial charge on any atom is 0.260 e. The van der Waals surface area contributed by atoms with Gasteiger partial charge in [0.05, 0.1) is 0 Å². The standard InChI is InChI=1S/C15H22FN3O2/c1-17-10-12-4-3-5-13(16)15(12)21-11-14(20)19-8-6-18(2)7-9-19/h3-5,17H,6-11H2,1-2H3. The van der Waals surface area contributed by atoms with Crippen LogP contribution in [0.15, 0.2) is 18.2 Å². The molecule has 0 unspecified atom stereocenters. The zero-order valence-corrected chi connectivity index (χ0v) is 12.6. The number of carbonyl (C=O) groups is 1. The van der Waals surface area contributed by atoms with E-state index in [4.69, 9.17) is 4.74 Å². The zero-order valence-electron chi connectivity index (χ0n) is 12.6. The van der Waals surface area contributed by atoms with E-state index < -0.39 is 5.82 Å². The molecule has 0 atom stereocenters. The van der Waals surface area contributed by atoms with Crippen molar-refractivity contribution in [3.8, 4) is 5.75 Å². The zero-order chi connectivity index (χ0) is 15.2. The number of hydrogen-bond donors (Lipinski definition) is 1. The molecule has 1 fully saturated rings. The number of hydrogen-bond acceptors (Lipinski definition) is 4. The number of halogens is 1. The highest BCUT2D eigenvalue weighted by atomic mass is 19.1. The van der Waals surface area contributed by atoms with Gasteiger partial charge in [-0.05, 0) is 20.2 Å². The summed E-state index contributed by atoms with van der Waals surface area (Å²) in [6, 6.07) is 4.77. The molecule has 0 bridgehead atoms. The minimum atomic E-state index is -0.436. The van der Waals surface area contributed by atoms with Crippen LogP contribution in [0.2, 0.25) is 0 Å². The van der Waals surface area contributed by atoms with Gasteiger partial charge in [-0.3, -0.25) is 4.79 Å². The third-order valence-electron chi connectivity index (χ3n) is 3.61. The Hall–Kier alpha value is -1.66. The van der Waals surface area contributed by atoms with E-state index in [1.807, 2.05) is 7.05 Å². The number of para-hydroxylation sites is 1. The Labute approximate surface area is 124 Å². The minimum Gasteiger partial charge on any atom is -0.480 e. The predicted molar refractivity (Wildman–Crippen MR) is 78.7 cm³/mol. The van der Waals surface area contributed by atoms with Gasteiger partial charge in [-0.1, -0.05) is 12.1 Å². The number of nitrogens with zero attached hydrogens (tertiary/aromatic N) is 2. The molecular formula is C15H22FN3O2. The molecule has 1 aromatic rings. The Morgan fingerprint density at radius 1 is 1.33 bits per heavy atom. The largest absolute Gasteiger partial charge is 0.480 e. The maximum atomic E-state index is 13.8. The molecule has 0 spiro atoms. The highest BCUT2D eigenvalue weighted by molar-refractivity contribution is 5.78. The number of amides is 1. The number of rotatable bonds is 5. The van der Waals surface area contributed by atoms with Gasteiger partial charge in [0.15, 0.2) is 18.2 Å². The Bertz CT molecular complexity index is 488. The van der Waals surface area contributed by atoms with Crippen LogP contribution >= 0.6 is 0 Å². The van der Waals surface area contributed by atoms with Gasteiger partial charge < -0.3 is 19.9 Å². The molecule has 1 aliphatic rings. The van der Waals surface area contributed by atoms with Crippen molar-refractivity contribution < 1.29 is 13.9 Å². The average Bonchev–Trinajstić information content (AvgIpc) is 2.47. The third-order valence-corrected chi connectivity index (χ3v) is 3.61. The molecule has 6 heteroatoms. The predicted octanol–water partition coefficient (Wildman–Crippen LogP) is 0.698. The lowest BCUT2D eigenvalue weighted by Gasteiger charge is -2.32. The average molecular weight is 295 g/mol. The molecule has 0 aliphatic carbocycles. The van der Waals surface area contributed by atoms with Crippen LogP contribution in [0.1, 0.15) is 5.56 Å². The van der Waals surface area contributed by atoms with Crippen LogP contribution < -0.4 is 10.1 Å². The van der Waals surface area contributed by atoms with E-state index in [2.05, 4.69) is 10.2 Å². The molecule has 1 aromatic carbocycles. The molecule has 0 saturated carbocycles. The molecule has 1 heterocycles. The fourth-order valence-corrected chi connectivity index (χ4v) is 2.33. The Morgan fingerprint density at radius 3 is 2.71 bits per heavy atom. The first-order chi connectivity index (χ1) is 10.1. The summed E-state index contributed by atoms with van der Waals surface area (Å²) in [4.78, 5) is 16.0. The van der Waals surface area contributed by atoms with Crippen molar-refractivity contribution >= 4 is 5.91 Å². The van der Waals surface area contributed by atoms with Gasteiger partial charge in [-0.15, -0.1) is 0 Å². The molecule has 2 rings (SSSR count). The molecule has 1 N–H and O–H groups in total. The second-order valence-corrected chi connectivity index (χ2v) is 5.23. The van der Waals surface area contributed by atoms with Gasteiger partial charge in [-0.2, -0.15) is 0 Å². The van der Waals surface area contributed by atoms with Crippen LogP contribution in [0.25, 0.3) is 0 Å². The lowest BCUT2D eigenvalue weighted by Crippen LogP contribution is -2.48. The smallest absolute Gasteiger partial charge is 0.260 e. The summed E-state index contributed by atoms with van der Waals surface area (Å²) in [5, 5.41) is 2.96.